The maximum absolute atomic E-state index is 12.4. The third-order valence-corrected chi connectivity index (χ3v) is 6.79. The van der Waals surface area contributed by atoms with Gasteiger partial charge in [-0.2, -0.15) is 0 Å². The first-order valence-electron chi connectivity index (χ1n) is 9.01. The number of epoxide rings is 2. The second kappa shape index (κ2) is 4.97. The first-order valence-corrected chi connectivity index (χ1v) is 9.01. The molecule has 5 fully saturated rings. The zero-order chi connectivity index (χ0) is 18.4. The molecule has 0 amide bonds. The summed E-state index contributed by atoms with van der Waals surface area (Å²) in [5.41, 5.74) is -0.396. The van der Waals surface area contributed by atoms with E-state index in [0.29, 0.717) is 31.6 Å². The Morgan fingerprint density at radius 3 is 2.62 bits per heavy atom. The monoisotopic (exact) mass is 362 g/mol. The minimum Gasteiger partial charge on any atom is -0.459 e. The van der Waals surface area contributed by atoms with E-state index in [1.54, 1.807) is 6.92 Å². The van der Waals surface area contributed by atoms with Gasteiger partial charge in [-0.3, -0.25) is 0 Å². The van der Waals surface area contributed by atoms with Crippen molar-refractivity contribution in [1.29, 1.82) is 0 Å². The number of carbonyl (C=O) groups excluding carboxylic acids is 2. The summed E-state index contributed by atoms with van der Waals surface area (Å²) in [6.07, 6.45) is -0.815. The zero-order valence-electron chi connectivity index (χ0n) is 14.6. The van der Waals surface area contributed by atoms with Crippen molar-refractivity contribution in [2.24, 2.45) is 17.8 Å². The molecule has 3 heterocycles. The molecule has 7 heteroatoms. The van der Waals surface area contributed by atoms with Gasteiger partial charge in [0.15, 0.2) is 5.60 Å². The maximum atomic E-state index is 12.4. The lowest BCUT2D eigenvalue weighted by atomic mass is 9.78. The summed E-state index contributed by atoms with van der Waals surface area (Å²) >= 11 is 0. The van der Waals surface area contributed by atoms with E-state index in [1.165, 1.54) is 0 Å². The molecule has 5 aliphatic rings. The molecule has 2 aliphatic carbocycles. The molecule has 0 radical (unpaired) electrons. The Labute approximate surface area is 150 Å². The fraction of sp³-hybridized carbons (Fsp3) is 0.684. The molecule has 8 atom stereocenters. The number of carbonyl (C=O) groups is 2. The van der Waals surface area contributed by atoms with E-state index in [4.69, 9.17) is 18.9 Å². The Kier molecular flexibility index (Phi) is 3.15. The Morgan fingerprint density at radius 1 is 1.31 bits per heavy atom. The second-order valence-corrected chi connectivity index (χ2v) is 8.37. The highest BCUT2D eigenvalue weighted by Crippen LogP contribution is 2.60. The largest absolute Gasteiger partial charge is 0.459 e. The molecule has 26 heavy (non-hydrogen) atoms. The molecule has 5 rings (SSSR count). The fourth-order valence-electron chi connectivity index (χ4n) is 5.02. The van der Waals surface area contributed by atoms with Crippen molar-refractivity contribution in [2.45, 2.75) is 49.3 Å². The van der Waals surface area contributed by atoms with Crippen LogP contribution in [0.15, 0.2) is 24.3 Å². The van der Waals surface area contributed by atoms with Gasteiger partial charge in [-0.15, -0.1) is 0 Å². The fourth-order valence-corrected chi connectivity index (χ4v) is 5.02. The molecular weight excluding hydrogens is 340 g/mol. The van der Waals surface area contributed by atoms with Crippen LogP contribution in [-0.4, -0.2) is 59.8 Å². The Balaban J connectivity index is 1.51. The maximum Gasteiger partial charge on any atom is 0.340 e. The van der Waals surface area contributed by atoms with Crippen LogP contribution in [0.2, 0.25) is 0 Å². The third-order valence-electron chi connectivity index (χ3n) is 6.79. The van der Waals surface area contributed by atoms with Gasteiger partial charge in [0.2, 0.25) is 0 Å². The van der Waals surface area contributed by atoms with Crippen LogP contribution in [0.4, 0.5) is 0 Å². The number of hydrogen-bond donors (Lipinski definition) is 1. The summed E-state index contributed by atoms with van der Waals surface area (Å²) < 4.78 is 22.3. The van der Waals surface area contributed by atoms with E-state index >= 15 is 0 Å². The van der Waals surface area contributed by atoms with Gasteiger partial charge >= 0.3 is 11.9 Å². The van der Waals surface area contributed by atoms with Gasteiger partial charge in [0.25, 0.3) is 0 Å². The number of hydrogen-bond acceptors (Lipinski definition) is 7. The van der Waals surface area contributed by atoms with E-state index in [1.807, 2.05) is 0 Å². The minimum atomic E-state index is -0.902. The van der Waals surface area contributed by atoms with Gasteiger partial charge in [-0.1, -0.05) is 18.7 Å². The Hall–Kier alpha value is -1.70. The number of rotatable bonds is 2. The van der Waals surface area contributed by atoms with Gasteiger partial charge in [-0.25, -0.2) is 9.59 Å². The van der Waals surface area contributed by atoms with Crippen LogP contribution in [0, 0.1) is 17.8 Å². The van der Waals surface area contributed by atoms with E-state index in [2.05, 4.69) is 13.2 Å². The minimum absolute atomic E-state index is 0.0461. The topological polar surface area (TPSA) is 97.9 Å². The van der Waals surface area contributed by atoms with Gasteiger partial charge < -0.3 is 24.1 Å². The molecule has 0 aromatic heterocycles. The number of aliphatic hydroxyl groups is 1. The summed E-state index contributed by atoms with van der Waals surface area (Å²) in [5, 5.41) is 10.5. The standard InChI is InChI=1S/C19H22O7/c1-8-4-11(25-17(22)18(3)6-23-18)13-9(2)16(21)26-15(13)14-10(8)5-12(20)19(14)7-24-19/h10-15,20H,1-2,4-7H2,3H3/t10-,11+,12+,13-,14+,15+,18+,19+/m1/s1. The van der Waals surface area contributed by atoms with Crippen LogP contribution in [-0.2, 0) is 28.5 Å². The van der Waals surface area contributed by atoms with Crippen LogP contribution in [0.3, 0.4) is 0 Å². The van der Waals surface area contributed by atoms with Crippen molar-refractivity contribution in [3.63, 3.8) is 0 Å². The summed E-state index contributed by atoms with van der Waals surface area (Å²) in [4.78, 5) is 24.7. The predicted molar refractivity (Wildman–Crippen MR) is 86.8 cm³/mol. The second-order valence-electron chi connectivity index (χ2n) is 8.37. The lowest BCUT2D eigenvalue weighted by Gasteiger charge is -2.30. The lowest BCUT2D eigenvalue weighted by Crippen LogP contribution is -2.43. The predicted octanol–water partition coefficient (Wildman–Crippen LogP) is 0.511. The highest BCUT2D eigenvalue weighted by atomic mass is 16.6. The van der Waals surface area contributed by atoms with E-state index < -0.39 is 47.4 Å². The van der Waals surface area contributed by atoms with E-state index in [9.17, 15) is 14.7 Å². The van der Waals surface area contributed by atoms with E-state index in [0.717, 1.165) is 5.57 Å². The summed E-state index contributed by atoms with van der Waals surface area (Å²) in [6, 6.07) is 0. The molecule has 0 aromatic rings. The number of ether oxygens (including phenoxy) is 4. The number of fused-ring (bicyclic) bond motifs is 4. The number of aliphatic hydroxyl groups excluding tert-OH is 1. The molecule has 0 aromatic carbocycles. The Morgan fingerprint density at radius 2 is 2.00 bits per heavy atom. The van der Waals surface area contributed by atoms with Crippen LogP contribution < -0.4 is 0 Å². The molecule has 140 valence electrons. The van der Waals surface area contributed by atoms with Gasteiger partial charge in [0.1, 0.15) is 17.8 Å². The molecule has 3 aliphatic heterocycles. The third kappa shape index (κ3) is 2.05. The SMILES string of the molecule is C=C1C(=O)O[C@H]2[C@H]1[C@@H](OC(=O)[C@]1(C)CO1)CC(=C)[C@H]1C[C@H](O)[C@@]3(CO3)[C@H]21. The van der Waals surface area contributed by atoms with Crippen molar-refractivity contribution in [1.82, 2.24) is 0 Å². The smallest absolute Gasteiger partial charge is 0.340 e. The molecule has 0 bridgehead atoms. The summed E-state index contributed by atoms with van der Waals surface area (Å²) in [7, 11) is 0. The molecule has 1 spiro atoms. The van der Waals surface area contributed by atoms with Crippen molar-refractivity contribution in [3.8, 4) is 0 Å². The van der Waals surface area contributed by atoms with Crippen molar-refractivity contribution < 1.29 is 33.6 Å². The average Bonchev–Trinajstić information content (AvgIpc) is 3.47. The average molecular weight is 362 g/mol. The van der Waals surface area contributed by atoms with Crippen LogP contribution in [0.25, 0.3) is 0 Å². The van der Waals surface area contributed by atoms with Crippen LogP contribution in [0.1, 0.15) is 19.8 Å². The highest BCUT2D eigenvalue weighted by molar-refractivity contribution is 5.91. The van der Waals surface area contributed by atoms with Crippen molar-refractivity contribution >= 4 is 11.9 Å². The van der Waals surface area contributed by atoms with Crippen molar-refractivity contribution in [2.75, 3.05) is 13.2 Å². The van der Waals surface area contributed by atoms with Crippen LogP contribution >= 0.6 is 0 Å². The molecule has 2 saturated carbocycles. The molecule has 1 N–H and O–H groups in total. The Bertz CT molecular complexity index is 732. The molecule has 0 unspecified atom stereocenters. The molecular formula is C19H22O7. The van der Waals surface area contributed by atoms with E-state index in [-0.39, 0.29) is 11.8 Å². The quantitative estimate of drug-likeness (QED) is 0.331. The first kappa shape index (κ1) is 16.5. The van der Waals surface area contributed by atoms with Crippen molar-refractivity contribution in [3.05, 3.63) is 24.3 Å². The zero-order valence-corrected chi connectivity index (χ0v) is 14.6. The van der Waals surface area contributed by atoms with Gasteiger partial charge in [-0.05, 0) is 19.3 Å². The first-order chi connectivity index (χ1) is 12.3. The number of esters is 2. The summed E-state index contributed by atoms with van der Waals surface area (Å²) in [6.45, 7) is 10.5. The molecule has 7 nitrogen and oxygen atoms in total. The normalized spacial score (nSPS) is 51.5. The van der Waals surface area contributed by atoms with Crippen LogP contribution in [0.5, 0.6) is 0 Å². The summed E-state index contributed by atoms with van der Waals surface area (Å²) in [5.74, 6) is -1.62. The van der Waals surface area contributed by atoms with Gasteiger partial charge in [0.05, 0.1) is 25.2 Å². The molecule has 3 saturated heterocycles. The highest BCUT2D eigenvalue weighted by Gasteiger charge is 2.71. The lowest BCUT2D eigenvalue weighted by molar-refractivity contribution is -0.158. The van der Waals surface area contributed by atoms with Gasteiger partial charge in [0, 0.05) is 17.9 Å².